The maximum atomic E-state index is 13.2. The molecular weight excluding hydrogens is 365 g/mol. The number of nitrogens with zero attached hydrogens (tertiary/aromatic N) is 1. The Hall–Kier alpha value is -1.64. The summed E-state index contributed by atoms with van der Waals surface area (Å²) in [5.41, 5.74) is -0.667. The van der Waals surface area contributed by atoms with Gasteiger partial charge in [0.1, 0.15) is 5.69 Å². The summed E-state index contributed by atoms with van der Waals surface area (Å²) >= 11 is 3.03. The Balaban J connectivity index is 2.67. The molecule has 2 aromatic rings. The molecule has 3 nitrogen and oxygen atoms in total. The van der Waals surface area contributed by atoms with E-state index < -0.39 is 30.3 Å². The van der Waals surface area contributed by atoms with Crippen molar-refractivity contribution < 1.29 is 31.9 Å². The van der Waals surface area contributed by atoms with Crippen LogP contribution < -0.4 is 0 Å². The number of carboxylic acids is 1. The van der Waals surface area contributed by atoms with Crippen molar-refractivity contribution in [2.24, 2.45) is 0 Å². The van der Waals surface area contributed by atoms with Crippen LogP contribution in [0.1, 0.15) is 10.5 Å². The summed E-state index contributed by atoms with van der Waals surface area (Å²) in [6.45, 7) is -1.80. The van der Waals surface area contributed by atoms with E-state index in [0.717, 1.165) is 6.07 Å². The van der Waals surface area contributed by atoms with Crippen LogP contribution in [0, 0.1) is 0 Å². The van der Waals surface area contributed by atoms with Gasteiger partial charge in [-0.2, -0.15) is 22.0 Å². The van der Waals surface area contributed by atoms with Gasteiger partial charge in [-0.15, -0.1) is 0 Å². The Kier molecular flexibility index (Phi) is 3.73. The van der Waals surface area contributed by atoms with Crippen LogP contribution in [0.5, 0.6) is 0 Å². The Morgan fingerprint density at radius 2 is 1.86 bits per heavy atom. The van der Waals surface area contributed by atoms with Gasteiger partial charge in [0.05, 0.1) is 12.1 Å². The molecule has 9 heteroatoms. The van der Waals surface area contributed by atoms with Crippen molar-refractivity contribution in [2.75, 3.05) is 0 Å². The van der Waals surface area contributed by atoms with E-state index >= 15 is 0 Å². The first-order chi connectivity index (χ1) is 9.54. The van der Waals surface area contributed by atoms with Crippen molar-refractivity contribution in [3.63, 3.8) is 0 Å². The lowest BCUT2D eigenvalue weighted by molar-refractivity contribution is -0.286. The molecule has 0 aliphatic heterocycles. The lowest BCUT2D eigenvalue weighted by atomic mass is 10.2. The largest absolute Gasteiger partial charge is 0.477 e. The summed E-state index contributed by atoms with van der Waals surface area (Å²) in [5.74, 6) is -6.63. The molecular formula is C12H7BrF5NO2. The second-order valence-electron chi connectivity index (χ2n) is 4.30. The molecule has 0 radical (unpaired) electrons. The summed E-state index contributed by atoms with van der Waals surface area (Å²) in [6.07, 6.45) is -5.76. The Bertz CT molecular complexity index is 707. The molecule has 0 aliphatic carbocycles. The number of alkyl halides is 5. The summed E-state index contributed by atoms with van der Waals surface area (Å²) < 4.78 is 64.2. The van der Waals surface area contributed by atoms with E-state index in [1.807, 2.05) is 0 Å². The van der Waals surface area contributed by atoms with Gasteiger partial charge in [-0.25, -0.2) is 4.79 Å². The first-order valence-electron chi connectivity index (χ1n) is 5.50. The van der Waals surface area contributed by atoms with E-state index in [4.69, 9.17) is 5.11 Å². The average Bonchev–Trinajstić information content (AvgIpc) is 2.67. The minimum atomic E-state index is -5.76. The third-order valence-electron chi connectivity index (χ3n) is 2.86. The Morgan fingerprint density at radius 1 is 1.24 bits per heavy atom. The van der Waals surface area contributed by atoms with Gasteiger partial charge in [0.15, 0.2) is 0 Å². The number of carboxylic acid groups (broad SMARTS) is 1. The molecule has 0 aliphatic rings. The van der Waals surface area contributed by atoms with Crippen LogP contribution in [0.2, 0.25) is 0 Å². The number of carbonyl (C=O) groups is 1. The second-order valence-corrected chi connectivity index (χ2v) is 5.16. The standard InChI is InChI=1S/C12H7BrF5NO2/c13-7-3-1-2-6-4-8(10(20)21)19(9(6)7)5-11(14,15)12(16,17)18/h1-4H,5H2,(H,20,21). The van der Waals surface area contributed by atoms with Crippen LogP contribution in [-0.2, 0) is 6.54 Å². The van der Waals surface area contributed by atoms with Gasteiger partial charge in [0.2, 0.25) is 0 Å². The van der Waals surface area contributed by atoms with E-state index in [1.54, 1.807) is 0 Å². The van der Waals surface area contributed by atoms with E-state index in [9.17, 15) is 26.7 Å². The summed E-state index contributed by atoms with van der Waals surface area (Å²) in [5, 5.41) is 9.24. The molecule has 21 heavy (non-hydrogen) atoms. The van der Waals surface area contributed by atoms with Crippen LogP contribution >= 0.6 is 15.9 Å². The highest BCUT2D eigenvalue weighted by Gasteiger charge is 2.57. The molecule has 0 spiro atoms. The third-order valence-corrected chi connectivity index (χ3v) is 3.50. The predicted octanol–water partition coefficient (Wildman–Crippen LogP) is 4.30. The first kappa shape index (κ1) is 15.7. The first-order valence-corrected chi connectivity index (χ1v) is 6.29. The van der Waals surface area contributed by atoms with Crippen molar-refractivity contribution >= 4 is 32.8 Å². The fourth-order valence-electron chi connectivity index (χ4n) is 1.91. The van der Waals surface area contributed by atoms with Crippen LogP contribution in [-0.4, -0.2) is 27.7 Å². The highest BCUT2D eigenvalue weighted by molar-refractivity contribution is 9.10. The second kappa shape index (κ2) is 4.97. The summed E-state index contributed by atoms with van der Waals surface area (Å²) in [4.78, 5) is 11.1. The van der Waals surface area contributed by atoms with Gasteiger partial charge in [-0.1, -0.05) is 12.1 Å². The lowest BCUT2D eigenvalue weighted by Gasteiger charge is -2.21. The van der Waals surface area contributed by atoms with E-state index in [0.29, 0.717) is 4.57 Å². The smallest absolute Gasteiger partial charge is 0.455 e. The van der Waals surface area contributed by atoms with E-state index in [1.165, 1.54) is 18.2 Å². The van der Waals surface area contributed by atoms with Crippen LogP contribution in [0.25, 0.3) is 10.9 Å². The molecule has 114 valence electrons. The van der Waals surface area contributed by atoms with Gasteiger partial charge in [-0.3, -0.25) is 0 Å². The maximum absolute atomic E-state index is 13.2. The van der Waals surface area contributed by atoms with Crippen molar-refractivity contribution in [2.45, 2.75) is 18.6 Å². The molecule has 0 saturated heterocycles. The van der Waals surface area contributed by atoms with Gasteiger partial charge >= 0.3 is 18.1 Å². The number of hydrogen-bond donors (Lipinski definition) is 1. The monoisotopic (exact) mass is 371 g/mol. The SMILES string of the molecule is O=C(O)c1cc2cccc(Br)c2n1CC(F)(F)C(F)(F)F. The highest BCUT2D eigenvalue weighted by atomic mass is 79.9. The summed E-state index contributed by atoms with van der Waals surface area (Å²) in [7, 11) is 0. The fourth-order valence-corrected chi connectivity index (χ4v) is 2.50. The van der Waals surface area contributed by atoms with Crippen molar-refractivity contribution in [3.05, 3.63) is 34.4 Å². The minimum Gasteiger partial charge on any atom is -0.477 e. The average molecular weight is 372 g/mol. The molecule has 0 atom stereocenters. The molecule has 0 unspecified atom stereocenters. The van der Waals surface area contributed by atoms with Crippen molar-refractivity contribution in [1.82, 2.24) is 4.57 Å². The zero-order chi connectivity index (χ0) is 16.0. The third kappa shape index (κ3) is 2.74. The maximum Gasteiger partial charge on any atom is 0.455 e. The molecule has 2 rings (SSSR count). The van der Waals surface area contributed by atoms with Gasteiger partial charge in [-0.05, 0) is 28.1 Å². The van der Waals surface area contributed by atoms with Gasteiger partial charge < -0.3 is 9.67 Å². The lowest BCUT2D eigenvalue weighted by Crippen LogP contribution is -2.40. The molecule has 0 bridgehead atoms. The number of rotatable bonds is 3. The van der Waals surface area contributed by atoms with Gasteiger partial charge in [0.25, 0.3) is 0 Å². The van der Waals surface area contributed by atoms with Gasteiger partial charge in [0, 0.05) is 9.86 Å². The van der Waals surface area contributed by atoms with E-state index in [-0.39, 0.29) is 15.4 Å². The number of halogens is 6. The number of aromatic carboxylic acids is 1. The minimum absolute atomic E-state index is 0.0289. The molecule has 0 fully saturated rings. The van der Waals surface area contributed by atoms with Crippen LogP contribution in [0.15, 0.2) is 28.7 Å². The zero-order valence-corrected chi connectivity index (χ0v) is 11.7. The molecule has 0 saturated carbocycles. The topological polar surface area (TPSA) is 42.2 Å². The number of hydrogen-bond acceptors (Lipinski definition) is 1. The number of fused-ring (bicyclic) bond motifs is 1. The number of benzene rings is 1. The quantitative estimate of drug-likeness (QED) is 0.817. The fraction of sp³-hybridized carbons (Fsp3) is 0.250. The van der Waals surface area contributed by atoms with E-state index in [2.05, 4.69) is 15.9 Å². The normalized spacial score (nSPS) is 12.9. The molecule has 1 heterocycles. The van der Waals surface area contributed by atoms with Crippen molar-refractivity contribution in [3.8, 4) is 0 Å². The molecule has 1 N–H and O–H groups in total. The molecule has 0 amide bonds. The van der Waals surface area contributed by atoms with Crippen molar-refractivity contribution in [1.29, 1.82) is 0 Å². The number of aromatic nitrogens is 1. The molecule has 1 aromatic carbocycles. The Labute approximate surface area is 123 Å². The molecule has 1 aromatic heterocycles. The zero-order valence-electron chi connectivity index (χ0n) is 10.1. The predicted molar refractivity (Wildman–Crippen MR) is 67.6 cm³/mol. The Morgan fingerprint density at radius 3 is 2.38 bits per heavy atom. The summed E-state index contributed by atoms with van der Waals surface area (Å²) in [6, 6.07) is 5.42. The number of para-hydroxylation sites is 1. The highest BCUT2D eigenvalue weighted by Crippen LogP contribution is 2.39. The van der Waals surface area contributed by atoms with Crippen LogP contribution in [0.4, 0.5) is 22.0 Å². The van der Waals surface area contributed by atoms with Crippen LogP contribution in [0.3, 0.4) is 0 Å².